The summed E-state index contributed by atoms with van der Waals surface area (Å²) in [5.41, 5.74) is 11.1. The fourth-order valence-electron chi connectivity index (χ4n) is 7.20. The Hall–Kier alpha value is -1.84. The molecule has 0 saturated heterocycles. The molecule has 0 aromatic heterocycles. The maximum atomic E-state index is 12.5. The Labute approximate surface area is 355 Å². The summed E-state index contributed by atoms with van der Waals surface area (Å²) in [6, 6.07) is 32.8. The average Bonchev–Trinajstić information content (AvgIpc) is 3.87. The van der Waals surface area contributed by atoms with Crippen molar-refractivity contribution in [2.75, 3.05) is 0 Å². The molecule has 292 valence electrons. The Bertz CT molecular complexity index is 1700. The van der Waals surface area contributed by atoms with Crippen LogP contribution < -0.4 is 0 Å². The molecule has 0 N–H and O–H groups in total. The van der Waals surface area contributed by atoms with E-state index in [4.69, 9.17) is 17.0 Å². The normalized spacial score (nSPS) is 19.3. The average molecular weight is 918 g/mol. The summed E-state index contributed by atoms with van der Waals surface area (Å²) in [5, 5.41) is 0. The van der Waals surface area contributed by atoms with E-state index in [-0.39, 0.29) is 20.4 Å². The van der Waals surface area contributed by atoms with Gasteiger partial charge in [-0.25, -0.2) is 8.78 Å². The molecule has 0 radical (unpaired) electrons. The van der Waals surface area contributed by atoms with Gasteiger partial charge in [0.25, 0.3) is 6.43 Å². The summed E-state index contributed by atoms with van der Waals surface area (Å²) in [7, 11) is 9.87. The summed E-state index contributed by atoms with van der Waals surface area (Å²) in [5.74, 6) is 3.02. The van der Waals surface area contributed by atoms with Crippen molar-refractivity contribution < 1.29 is 29.6 Å². The van der Waals surface area contributed by atoms with Gasteiger partial charge in [-0.3, -0.25) is 0 Å². The number of rotatable bonds is 4. The van der Waals surface area contributed by atoms with Gasteiger partial charge in [-0.1, -0.05) is 156 Å². The molecule has 2 fully saturated rings. The Kier molecular flexibility index (Phi) is 25.0. The summed E-state index contributed by atoms with van der Waals surface area (Å²) >= 11 is 2.54. The van der Waals surface area contributed by atoms with E-state index in [0.29, 0.717) is 5.92 Å². The van der Waals surface area contributed by atoms with E-state index in [1.54, 1.807) is 17.7 Å². The van der Waals surface area contributed by atoms with Gasteiger partial charge in [-0.15, -0.1) is 0 Å². The van der Waals surface area contributed by atoms with Crippen LogP contribution in [-0.2, 0) is 20.8 Å². The molecule has 6 heteroatoms. The minimum absolute atomic E-state index is 0. The van der Waals surface area contributed by atoms with Crippen LogP contribution in [0.3, 0.4) is 0 Å². The Morgan fingerprint density at radius 3 is 1.52 bits per heavy atom. The van der Waals surface area contributed by atoms with Gasteiger partial charge in [0.05, 0.1) is 0 Å². The minimum atomic E-state index is -2.34. The van der Waals surface area contributed by atoms with Crippen molar-refractivity contribution in [3.05, 3.63) is 173 Å². The molecular formula is C48H61BrCl2F2Zr. The van der Waals surface area contributed by atoms with Crippen LogP contribution in [-0.4, -0.2) is 0 Å². The van der Waals surface area contributed by atoms with Crippen molar-refractivity contribution in [1.82, 2.24) is 0 Å². The summed E-state index contributed by atoms with van der Waals surface area (Å²) in [4.78, 5) is 0. The Balaban J connectivity index is 0.000000353. The molecule has 54 heavy (non-hydrogen) atoms. The fraction of sp³-hybridized carbons (Fsp3) is 0.375. The first-order valence-electron chi connectivity index (χ1n) is 18.4. The van der Waals surface area contributed by atoms with E-state index < -0.39 is 27.3 Å². The second-order valence-electron chi connectivity index (χ2n) is 14.7. The molecule has 4 unspecified atom stereocenters. The van der Waals surface area contributed by atoms with Gasteiger partial charge >= 0.3 is 37.9 Å². The Morgan fingerprint density at radius 2 is 1.11 bits per heavy atom. The van der Waals surface area contributed by atoms with Gasteiger partial charge in [0, 0.05) is 10.0 Å². The molecule has 4 aromatic rings. The van der Waals surface area contributed by atoms with Gasteiger partial charge in [0.2, 0.25) is 0 Å². The van der Waals surface area contributed by atoms with Crippen molar-refractivity contribution >= 4 is 38.5 Å². The molecule has 2 saturated carbocycles. The first-order valence-corrected chi connectivity index (χ1v) is 25.6. The first-order chi connectivity index (χ1) is 24.9. The number of hydrogen-bond acceptors (Lipinski definition) is 0. The van der Waals surface area contributed by atoms with E-state index >= 15 is 0 Å². The van der Waals surface area contributed by atoms with Crippen LogP contribution in [0.15, 0.2) is 119 Å². The van der Waals surface area contributed by atoms with Crippen LogP contribution in [0.5, 0.6) is 0 Å². The monoisotopic (exact) mass is 914 g/mol. The maximum absolute atomic E-state index is 12.5. The zero-order chi connectivity index (χ0) is 38.0. The SMILES string of the molecule is CC1=CC=C(c2cccc(C)c2)C1.CC1CCC(c2cccc(C(F)F)c2)C1.Cc1cccc(Br)c1.Cc1cccc(C2CCC(C)C2)c1.[CH3-].[CH3-].[Cl][Zr+2][Cl]. The quantitative estimate of drug-likeness (QED) is 0.179. The van der Waals surface area contributed by atoms with Crippen LogP contribution in [0.25, 0.3) is 5.57 Å². The van der Waals surface area contributed by atoms with Crippen LogP contribution in [0.2, 0.25) is 0 Å². The molecular weight excluding hydrogens is 857 g/mol. The molecule has 0 amide bonds. The molecule has 0 heterocycles. The van der Waals surface area contributed by atoms with E-state index in [9.17, 15) is 8.78 Å². The van der Waals surface area contributed by atoms with Crippen LogP contribution in [0.4, 0.5) is 8.78 Å². The Morgan fingerprint density at radius 1 is 0.630 bits per heavy atom. The summed E-state index contributed by atoms with van der Waals surface area (Å²) in [6.07, 6.45) is 10.9. The topological polar surface area (TPSA) is 0 Å². The molecule has 3 aliphatic carbocycles. The van der Waals surface area contributed by atoms with E-state index in [0.717, 1.165) is 47.1 Å². The number of aryl methyl sites for hydroxylation is 3. The molecule has 4 aromatic carbocycles. The fourth-order valence-corrected chi connectivity index (χ4v) is 7.72. The van der Waals surface area contributed by atoms with E-state index in [1.807, 2.05) is 18.2 Å². The predicted octanol–water partition coefficient (Wildman–Crippen LogP) is 17.2. The predicted molar refractivity (Wildman–Crippen MR) is 235 cm³/mol. The van der Waals surface area contributed by atoms with Crippen LogP contribution >= 0.6 is 33.0 Å². The number of benzene rings is 4. The molecule has 0 aliphatic heterocycles. The molecule has 0 spiro atoms. The zero-order valence-corrected chi connectivity index (χ0v) is 39.2. The van der Waals surface area contributed by atoms with Crippen molar-refractivity contribution in [3.8, 4) is 0 Å². The second-order valence-corrected chi connectivity index (χ2v) is 19.4. The van der Waals surface area contributed by atoms with Gasteiger partial charge in [0.15, 0.2) is 0 Å². The first kappa shape index (κ1) is 50.2. The van der Waals surface area contributed by atoms with Crippen LogP contribution in [0, 0.1) is 47.5 Å². The van der Waals surface area contributed by atoms with Crippen molar-refractivity contribution in [2.45, 2.75) is 105 Å². The van der Waals surface area contributed by atoms with E-state index in [1.165, 1.54) is 65.1 Å². The van der Waals surface area contributed by atoms with Crippen LogP contribution in [0.1, 0.15) is 123 Å². The third kappa shape index (κ3) is 18.4. The molecule has 0 bridgehead atoms. The molecule has 0 nitrogen and oxygen atoms in total. The third-order valence-electron chi connectivity index (χ3n) is 9.94. The third-order valence-corrected chi connectivity index (χ3v) is 10.4. The standard InChI is InChI=1S/C13H16F2.C13H18.C13H14.C7H7Br.2CH3.2ClH.Zr/c1-9-5-6-11(7-9)10-3-2-4-12(8-10)13(14)15;2*1-10-4-3-5-12(8-10)13-7-6-11(2)9-13;1-6-3-2-4-7(8)5-6;;;;;/h2-4,8-9,11,13H,5-7H2,1H3;3-5,8,11,13H,6-7,9H2,1-2H3;3-8H,9H2,1-2H3;2-5H,1H3;2*1H3;2*1H;/q;;;;2*-1;;;+4/p-2. The number of halogens is 5. The van der Waals surface area contributed by atoms with Crippen molar-refractivity contribution in [2.24, 2.45) is 11.8 Å². The number of hydrogen-bond donors (Lipinski definition) is 0. The summed E-state index contributed by atoms with van der Waals surface area (Å²) < 4.78 is 26.2. The second kappa shape index (κ2) is 26.9. The van der Waals surface area contributed by atoms with Gasteiger partial charge < -0.3 is 14.9 Å². The number of alkyl halides is 2. The number of allylic oxidation sites excluding steroid dienone is 4. The van der Waals surface area contributed by atoms with Gasteiger partial charge in [-0.05, 0) is 124 Å². The van der Waals surface area contributed by atoms with Crippen molar-refractivity contribution in [3.63, 3.8) is 0 Å². The van der Waals surface area contributed by atoms with Gasteiger partial charge in [0.1, 0.15) is 0 Å². The molecule has 3 aliphatic rings. The molecule has 7 rings (SSSR count). The zero-order valence-electron chi connectivity index (χ0n) is 33.6. The van der Waals surface area contributed by atoms with Gasteiger partial charge in [-0.2, -0.15) is 0 Å². The summed E-state index contributed by atoms with van der Waals surface area (Å²) in [6.45, 7) is 13.2. The van der Waals surface area contributed by atoms with E-state index in [2.05, 4.69) is 130 Å². The van der Waals surface area contributed by atoms with Crippen molar-refractivity contribution in [1.29, 1.82) is 0 Å². The molecule has 4 atom stereocenters.